The molecule has 0 amide bonds. The van der Waals surface area contributed by atoms with Crippen molar-refractivity contribution in [2.45, 2.75) is 31.7 Å². The third-order valence-electron chi connectivity index (χ3n) is 4.49. The van der Waals surface area contributed by atoms with Crippen LogP contribution in [0.15, 0.2) is 24.3 Å². The summed E-state index contributed by atoms with van der Waals surface area (Å²) in [6.07, 6.45) is 2.36. The first-order valence-corrected chi connectivity index (χ1v) is 8.00. The van der Waals surface area contributed by atoms with Crippen LogP contribution in [0.2, 0.25) is 5.02 Å². The van der Waals surface area contributed by atoms with Crippen LogP contribution in [0.5, 0.6) is 0 Å². The fourth-order valence-corrected chi connectivity index (χ4v) is 3.17. The number of carbonyl (C=O) groups excluding carboxylic acids is 1. The normalized spacial score (nSPS) is 18.9. The zero-order valence-corrected chi connectivity index (χ0v) is 13.9. The molecule has 4 heteroatoms. The minimum atomic E-state index is -0.0434. The topological polar surface area (TPSA) is 23.6 Å². The zero-order chi connectivity index (χ0) is 15.4. The molecule has 1 heterocycles. The molecule has 2 rings (SSSR count). The van der Waals surface area contributed by atoms with E-state index in [9.17, 15) is 4.79 Å². The highest BCUT2D eigenvalue weighted by molar-refractivity contribution is 6.30. The van der Waals surface area contributed by atoms with Gasteiger partial charge in [-0.3, -0.25) is 4.79 Å². The molecule has 0 N–H and O–H groups in total. The standard InChI is InChI=1S/C17H25ClN2O/c1-13(21)17(14-4-6-15(18)7-5-14)12-20-10-8-16(9-11-20)19(2)3/h4-7,16-17H,8-12H2,1-3H3/t17-/m1/s1. The van der Waals surface area contributed by atoms with Crippen molar-refractivity contribution in [2.24, 2.45) is 0 Å². The van der Waals surface area contributed by atoms with Crippen LogP contribution in [0.25, 0.3) is 0 Å². The summed E-state index contributed by atoms with van der Waals surface area (Å²) >= 11 is 5.93. The smallest absolute Gasteiger partial charge is 0.138 e. The Kier molecular flexibility index (Phi) is 5.80. The van der Waals surface area contributed by atoms with Gasteiger partial charge in [-0.05, 0) is 64.6 Å². The maximum absolute atomic E-state index is 12.0. The third kappa shape index (κ3) is 4.53. The highest BCUT2D eigenvalue weighted by Crippen LogP contribution is 2.23. The number of likely N-dealkylation sites (tertiary alicyclic amines) is 1. The van der Waals surface area contributed by atoms with Crippen molar-refractivity contribution >= 4 is 17.4 Å². The van der Waals surface area contributed by atoms with E-state index < -0.39 is 0 Å². The summed E-state index contributed by atoms with van der Waals surface area (Å²) in [6.45, 7) is 4.64. The van der Waals surface area contributed by atoms with E-state index in [-0.39, 0.29) is 11.7 Å². The van der Waals surface area contributed by atoms with Gasteiger partial charge < -0.3 is 9.80 Å². The SMILES string of the molecule is CC(=O)[C@@H](CN1CCC(N(C)C)CC1)c1ccc(Cl)cc1. The van der Waals surface area contributed by atoms with Crippen LogP contribution >= 0.6 is 11.6 Å². The highest BCUT2D eigenvalue weighted by atomic mass is 35.5. The molecule has 1 aliphatic rings. The lowest BCUT2D eigenvalue weighted by Gasteiger charge is -2.36. The lowest BCUT2D eigenvalue weighted by Crippen LogP contribution is -2.43. The molecule has 1 fully saturated rings. The van der Waals surface area contributed by atoms with E-state index >= 15 is 0 Å². The van der Waals surface area contributed by atoms with Crippen LogP contribution in [0, 0.1) is 0 Å². The second-order valence-electron chi connectivity index (χ2n) is 6.21. The summed E-state index contributed by atoms with van der Waals surface area (Å²) in [4.78, 5) is 16.7. The Morgan fingerprint density at radius 2 is 1.86 bits per heavy atom. The molecule has 3 nitrogen and oxygen atoms in total. The predicted octanol–water partition coefficient (Wildman–Crippen LogP) is 3.04. The third-order valence-corrected chi connectivity index (χ3v) is 4.74. The van der Waals surface area contributed by atoms with E-state index in [4.69, 9.17) is 11.6 Å². The summed E-state index contributed by atoms with van der Waals surface area (Å²) in [6, 6.07) is 8.35. The van der Waals surface area contributed by atoms with Crippen LogP contribution in [0.3, 0.4) is 0 Å². The monoisotopic (exact) mass is 308 g/mol. The van der Waals surface area contributed by atoms with Crippen LogP contribution in [-0.4, -0.2) is 55.4 Å². The number of ketones is 1. The predicted molar refractivity (Wildman–Crippen MR) is 88.0 cm³/mol. The Bertz CT molecular complexity index is 464. The van der Waals surface area contributed by atoms with Gasteiger partial charge in [-0.15, -0.1) is 0 Å². The molecule has 0 aliphatic carbocycles. The van der Waals surface area contributed by atoms with Gasteiger partial charge in [0.05, 0.1) is 5.92 Å². The van der Waals surface area contributed by atoms with E-state index in [1.165, 1.54) is 12.8 Å². The summed E-state index contributed by atoms with van der Waals surface area (Å²) in [7, 11) is 4.29. The average Bonchev–Trinajstić information content (AvgIpc) is 2.46. The number of rotatable bonds is 5. The number of nitrogens with zero attached hydrogens (tertiary/aromatic N) is 2. The molecule has 1 saturated heterocycles. The second kappa shape index (κ2) is 7.39. The number of Topliss-reactive ketones (excluding diaryl/α,β-unsaturated/α-hetero) is 1. The van der Waals surface area contributed by atoms with Gasteiger partial charge in [0.1, 0.15) is 5.78 Å². The van der Waals surface area contributed by atoms with Crippen molar-refractivity contribution in [3.8, 4) is 0 Å². The van der Waals surface area contributed by atoms with Gasteiger partial charge in [-0.2, -0.15) is 0 Å². The van der Waals surface area contributed by atoms with Gasteiger partial charge in [-0.1, -0.05) is 23.7 Å². The van der Waals surface area contributed by atoms with Crippen LogP contribution in [-0.2, 0) is 4.79 Å². The molecule has 0 spiro atoms. The van der Waals surface area contributed by atoms with Crippen molar-refractivity contribution in [3.05, 3.63) is 34.9 Å². The Hall–Kier alpha value is -0.900. The van der Waals surface area contributed by atoms with Crippen molar-refractivity contribution in [1.82, 2.24) is 9.80 Å². The van der Waals surface area contributed by atoms with Gasteiger partial charge in [0.2, 0.25) is 0 Å². The first-order chi connectivity index (χ1) is 9.97. The molecule has 0 bridgehead atoms. The largest absolute Gasteiger partial charge is 0.306 e. The van der Waals surface area contributed by atoms with Gasteiger partial charge in [-0.25, -0.2) is 0 Å². The summed E-state index contributed by atoms with van der Waals surface area (Å²) in [5.41, 5.74) is 1.07. The molecule has 1 aliphatic heterocycles. The average molecular weight is 309 g/mol. The van der Waals surface area contributed by atoms with Crippen LogP contribution in [0.4, 0.5) is 0 Å². The lowest BCUT2D eigenvalue weighted by atomic mass is 9.93. The van der Waals surface area contributed by atoms with E-state index in [0.717, 1.165) is 25.2 Å². The molecule has 116 valence electrons. The van der Waals surface area contributed by atoms with Crippen molar-refractivity contribution in [2.75, 3.05) is 33.7 Å². The Morgan fingerprint density at radius 3 is 2.33 bits per heavy atom. The van der Waals surface area contributed by atoms with Crippen LogP contribution < -0.4 is 0 Å². The van der Waals surface area contributed by atoms with E-state index in [2.05, 4.69) is 23.9 Å². The molecular formula is C17H25ClN2O. The van der Waals surface area contributed by atoms with Gasteiger partial charge in [0.15, 0.2) is 0 Å². The van der Waals surface area contributed by atoms with Gasteiger partial charge in [0.25, 0.3) is 0 Å². The minimum absolute atomic E-state index is 0.0434. The molecule has 1 aromatic carbocycles. The van der Waals surface area contributed by atoms with E-state index in [1.54, 1.807) is 6.92 Å². The molecule has 0 aromatic heterocycles. The van der Waals surface area contributed by atoms with E-state index in [1.807, 2.05) is 24.3 Å². The summed E-state index contributed by atoms with van der Waals surface area (Å²) in [5.74, 6) is 0.185. The molecular weight excluding hydrogens is 284 g/mol. The van der Waals surface area contributed by atoms with Crippen molar-refractivity contribution in [1.29, 1.82) is 0 Å². The first-order valence-electron chi connectivity index (χ1n) is 7.62. The molecule has 1 atom stereocenters. The maximum atomic E-state index is 12.0. The van der Waals surface area contributed by atoms with Gasteiger partial charge >= 0.3 is 0 Å². The maximum Gasteiger partial charge on any atom is 0.138 e. The molecule has 1 aromatic rings. The number of hydrogen-bond donors (Lipinski definition) is 0. The van der Waals surface area contributed by atoms with Crippen molar-refractivity contribution in [3.63, 3.8) is 0 Å². The number of benzene rings is 1. The van der Waals surface area contributed by atoms with Crippen LogP contribution in [0.1, 0.15) is 31.2 Å². The Morgan fingerprint density at radius 1 is 1.29 bits per heavy atom. The highest BCUT2D eigenvalue weighted by Gasteiger charge is 2.25. The fourth-order valence-electron chi connectivity index (χ4n) is 3.04. The Balaban J connectivity index is 1.98. The number of halogens is 1. The zero-order valence-electron chi connectivity index (χ0n) is 13.2. The summed E-state index contributed by atoms with van der Waals surface area (Å²) < 4.78 is 0. The first kappa shape index (κ1) is 16.5. The molecule has 0 unspecified atom stereocenters. The number of carbonyl (C=O) groups is 1. The van der Waals surface area contributed by atoms with Gasteiger partial charge in [0, 0.05) is 17.6 Å². The minimum Gasteiger partial charge on any atom is -0.306 e. The molecule has 21 heavy (non-hydrogen) atoms. The molecule has 0 saturated carbocycles. The van der Waals surface area contributed by atoms with Crippen molar-refractivity contribution < 1.29 is 4.79 Å². The number of piperidine rings is 1. The fraction of sp³-hybridized carbons (Fsp3) is 0.588. The quantitative estimate of drug-likeness (QED) is 0.835. The number of hydrogen-bond acceptors (Lipinski definition) is 3. The Labute approximate surface area is 132 Å². The summed E-state index contributed by atoms with van der Waals surface area (Å²) in [5, 5.41) is 0.716. The second-order valence-corrected chi connectivity index (χ2v) is 6.65. The van der Waals surface area contributed by atoms with E-state index in [0.29, 0.717) is 11.1 Å². The lowest BCUT2D eigenvalue weighted by molar-refractivity contribution is -0.119. The molecule has 0 radical (unpaired) electrons.